The third-order valence-corrected chi connectivity index (χ3v) is 2.38. The Hall–Kier alpha value is -0.990. The number of esters is 1. The van der Waals surface area contributed by atoms with Gasteiger partial charge in [0.05, 0.1) is 13.7 Å². The van der Waals surface area contributed by atoms with E-state index in [0.717, 1.165) is 7.11 Å². The van der Waals surface area contributed by atoms with Crippen LogP contribution in [-0.2, 0) is 19.0 Å². The lowest BCUT2D eigenvalue weighted by atomic mass is 9.99. The van der Waals surface area contributed by atoms with Gasteiger partial charge < -0.3 is 29.5 Å². The van der Waals surface area contributed by atoms with Gasteiger partial charge in [0.1, 0.15) is 18.3 Å². The fraction of sp³-hybridized carbons (Fsp3) is 0.700. The molecule has 1 aliphatic rings. The molecule has 0 spiro atoms. The Labute approximate surface area is 98.2 Å². The Balaban J connectivity index is 2.74. The average molecular weight is 248 g/mol. The van der Waals surface area contributed by atoms with Crippen molar-refractivity contribution in [3.8, 4) is 0 Å². The summed E-state index contributed by atoms with van der Waals surface area (Å²) in [6.45, 7) is 3.48. The molecule has 0 amide bonds. The summed E-state index contributed by atoms with van der Waals surface area (Å²) in [7, 11) is 1.12. The Bertz CT molecular complexity index is 280. The summed E-state index contributed by atoms with van der Waals surface area (Å²) in [5, 5.41) is 28.6. The lowest BCUT2D eigenvalue weighted by molar-refractivity contribution is -0.292. The topological polar surface area (TPSA) is 105 Å². The minimum absolute atomic E-state index is 0.0679. The van der Waals surface area contributed by atoms with E-state index in [0.29, 0.717) is 0 Å². The van der Waals surface area contributed by atoms with Crippen molar-refractivity contribution in [1.29, 1.82) is 0 Å². The molecule has 0 aromatic heterocycles. The molecule has 98 valence electrons. The first-order chi connectivity index (χ1) is 8.02. The van der Waals surface area contributed by atoms with Gasteiger partial charge in [-0.25, -0.2) is 4.79 Å². The first-order valence-corrected chi connectivity index (χ1v) is 5.03. The maximum atomic E-state index is 11.3. The normalized spacial score (nSPS) is 37.5. The molecule has 1 aliphatic heterocycles. The van der Waals surface area contributed by atoms with Crippen LogP contribution in [0, 0.1) is 0 Å². The number of methoxy groups -OCH3 is 1. The molecule has 0 aromatic rings. The molecule has 0 unspecified atom stereocenters. The van der Waals surface area contributed by atoms with Gasteiger partial charge in [0.25, 0.3) is 0 Å². The van der Waals surface area contributed by atoms with E-state index in [2.05, 4.69) is 11.3 Å². The van der Waals surface area contributed by atoms with Crippen molar-refractivity contribution in [1.82, 2.24) is 0 Å². The molecule has 1 saturated heterocycles. The smallest absolute Gasteiger partial charge is 0.337 e. The quantitative estimate of drug-likeness (QED) is 0.397. The third kappa shape index (κ3) is 3.02. The van der Waals surface area contributed by atoms with Gasteiger partial charge in [-0.05, 0) is 0 Å². The molecule has 3 N–H and O–H groups in total. The molecule has 0 radical (unpaired) electrons. The van der Waals surface area contributed by atoms with Gasteiger partial charge in [-0.2, -0.15) is 0 Å². The SMILES string of the molecule is C=CCO[C@@H]1O[C@H](C(=O)OC)[C@@H](O)[C@H](O)[C@@H]1O. The minimum Gasteiger partial charge on any atom is -0.467 e. The van der Waals surface area contributed by atoms with Gasteiger partial charge in [0.15, 0.2) is 12.4 Å². The number of rotatable bonds is 4. The second kappa shape index (κ2) is 6.08. The number of carbonyl (C=O) groups is 1. The van der Waals surface area contributed by atoms with Crippen LogP contribution in [0.3, 0.4) is 0 Å². The van der Waals surface area contributed by atoms with Crippen LogP contribution in [0.25, 0.3) is 0 Å². The van der Waals surface area contributed by atoms with Crippen molar-refractivity contribution in [2.24, 2.45) is 0 Å². The summed E-state index contributed by atoms with van der Waals surface area (Å²) in [5.41, 5.74) is 0. The number of hydrogen-bond donors (Lipinski definition) is 3. The maximum Gasteiger partial charge on any atom is 0.337 e. The number of aliphatic hydroxyl groups excluding tert-OH is 3. The van der Waals surface area contributed by atoms with Crippen molar-refractivity contribution >= 4 is 5.97 Å². The van der Waals surface area contributed by atoms with Gasteiger partial charge >= 0.3 is 5.97 Å². The van der Waals surface area contributed by atoms with Gasteiger partial charge in [-0.15, -0.1) is 6.58 Å². The highest BCUT2D eigenvalue weighted by atomic mass is 16.7. The van der Waals surface area contributed by atoms with E-state index < -0.39 is 36.7 Å². The molecule has 1 heterocycles. The number of carbonyl (C=O) groups excluding carboxylic acids is 1. The lowest BCUT2D eigenvalue weighted by Crippen LogP contribution is -2.60. The largest absolute Gasteiger partial charge is 0.467 e. The molecule has 17 heavy (non-hydrogen) atoms. The number of ether oxygens (including phenoxy) is 3. The molecular weight excluding hydrogens is 232 g/mol. The fourth-order valence-electron chi connectivity index (χ4n) is 1.46. The number of aliphatic hydroxyl groups is 3. The lowest BCUT2D eigenvalue weighted by Gasteiger charge is -2.38. The van der Waals surface area contributed by atoms with Crippen LogP contribution in [0.5, 0.6) is 0 Å². The van der Waals surface area contributed by atoms with Gasteiger partial charge in [-0.1, -0.05) is 6.08 Å². The Morgan fingerprint density at radius 3 is 2.53 bits per heavy atom. The van der Waals surface area contributed by atoms with Crippen LogP contribution >= 0.6 is 0 Å². The van der Waals surface area contributed by atoms with Crippen LogP contribution in [0.2, 0.25) is 0 Å². The highest BCUT2D eigenvalue weighted by Gasteiger charge is 2.47. The standard InChI is InChI=1S/C10H16O7/c1-3-4-16-10-7(13)5(11)6(12)8(17-10)9(14)15-2/h3,5-8,10-13H,1,4H2,2H3/t5-,6-,7-,8-,10+/m0/s1. The summed E-state index contributed by atoms with van der Waals surface area (Å²) in [4.78, 5) is 11.3. The van der Waals surface area contributed by atoms with Crippen molar-refractivity contribution in [3.63, 3.8) is 0 Å². The Kier molecular flexibility index (Phi) is 5.03. The second-order valence-electron chi connectivity index (χ2n) is 3.54. The van der Waals surface area contributed by atoms with E-state index in [4.69, 9.17) is 9.47 Å². The zero-order chi connectivity index (χ0) is 13.0. The molecule has 1 rings (SSSR count). The zero-order valence-electron chi connectivity index (χ0n) is 9.35. The predicted molar refractivity (Wildman–Crippen MR) is 54.8 cm³/mol. The first-order valence-electron chi connectivity index (χ1n) is 5.03. The van der Waals surface area contributed by atoms with E-state index in [9.17, 15) is 20.1 Å². The molecule has 0 saturated carbocycles. The number of hydrogen-bond acceptors (Lipinski definition) is 7. The average Bonchev–Trinajstić information content (AvgIpc) is 2.34. The van der Waals surface area contributed by atoms with Crippen LogP contribution < -0.4 is 0 Å². The minimum atomic E-state index is -1.57. The van der Waals surface area contributed by atoms with E-state index >= 15 is 0 Å². The Morgan fingerprint density at radius 1 is 1.35 bits per heavy atom. The summed E-state index contributed by atoms with van der Waals surface area (Å²) in [5.74, 6) is -0.851. The fourth-order valence-corrected chi connectivity index (χ4v) is 1.46. The highest BCUT2D eigenvalue weighted by Crippen LogP contribution is 2.22. The van der Waals surface area contributed by atoms with E-state index in [1.54, 1.807) is 0 Å². The third-order valence-electron chi connectivity index (χ3n) is 2.38. The van der Waals surface area contributed by atoms with E-state index in [1.807, 2.05) is 0 Å². The van der Waals surface area contributed by atoms with Crippen LogP contribution in [0.15, 0.2) is 12.7 Å². The Morgan fingerprint density at radius 2 is 2.00 bits per heavy atom. The summed E-state index contributed by atoms with van der Waals surface area (Å²) in [6.07, 6.45) is -5.78. The molecular formula is C10H16O7. The summed E-state index contributed by atoms with van der Waals surface area (Å²) >= 11 is 0. The van der Waals surface area contributed by atoms with E-state index in [-0.39, 0.29) is 6.61 Å². The molecule has 0 aliphatic carbocycles. The first kappa shape index (κ1) is 14.1. The van der Waals surface area contributed by atoms with Crippen LogP contribution in [0.4, 0.5) is 0 Å². The predicted octanol–water partition coefficient (Wildman–Crippen LogP) is -1.83. The van der Waals surface area contributed by atoms with Crippen molar-refractivity contribution in [2.45, 2.75) is 30.7 Å². The van der Waals surface area contributed by atoms with E-state index in [1.165, 1.54) is 6.08 Å². The molecule has 5 atom stereocenters. The van der Waals surface area contributed by atoms with Gasteiger partial charge in [0.2, 0.25) is 0 Å². The molecule has 0 bridgehead atoms. The monoisotopic (exact) mass is 248 g/mol. The van der Waals surface area contributed by atoms with Crippen LogP contribution in [0.1, 0.15) is 0 Å². The van der Waals surface area contributed by atoms with Crippen molar-refractivity contribution in [3.05, 3.63) is 12.7 Å². The van der Waals surface area contributed by atoms with Crippen molar-refractivity contribution in [2.75, 3.05) is 13.7 Å². The second-order valence-corrected chi connectivity index (χ2v) is 3.54. The zero-order valence-corrected chi connectivity index (χ0v) is 9.35. The van der Waals surface area contributed by atoms with Crippen molar-refractivity contribution < 1.29 is 34.3 Å². The summed E-state index contributed by atoms with van der Waals surface area (Å²) < 4.78 is 14.5. The van der Waals surface area contributed by atoms with Crippen LogP contribution in [-0.4, -0.2) is 65.7 Å². The molecule has 7 heteroatoms. The van der Waals surface area contributed by atoms with Gasteiger partial charge in [0, 0.05) is 0 Å². The molecule has 0 aromatic carbocycles. The summed E-state index contributed by atoms with van der Waals surface area (Å²) in [6, 6.07) is 0. The van der Waals surface area contributed by atoms with Gasteiger partial charge in [-0.3, -0.25) is 0 Å². The maximum absolute atomic E-state index is 11.3. The molecule has 7 nitrogen and oxygen atoms in total. The highest BCUT2D eigenvalue weighted by molar-refractivity contribution is 5.75. The molecule has 1 fully saturated rings.